The second-order valence-electron chi connectivity index (χ2n) is 17.3. The number of carbonyl (C=O) groups is 6. The molecule has 2 fully saturated rings. The highest BCUT2D eigenvalue weighted by Gasteiger charge is 2.25. The van der Waals surface area contributed by atoms with E-state index < -0.39 is 35.3 Å². The molecule has 14 nitrogen and oxygen atoms in total. The van der Waals surface area contributed by atoms with Crippen molar-refractivity contribution in [1.82, 2.24) is 10.6 Å². The van der Waals surface area contributed by atoms with Crippen molar-refractivity contribution >= 4 is 47.3 Å². The molecule has 0 atom stereocenters. The van der Waals surface area contributed by atoms with Crippen LogP contribution in [0.25, 0.3) is 0 Å². The van der Waals surface area contributed by atoms with Crippen LogP contribution in [-0.2, 0) is 28.7 Å². The summed E-state index contributed by atoms with van der Waals surface area (Å²) in [5.74, 6) is -0.311. The van der Waals surface area contributed by atoms with Gasteiger partial charge in [0, 0.05) is 50.1 Å². The normalized spacial score (nSPS) is 19.3. The molecule has 0 spiro atoms. The largest absolute Gasteiger partial charge is 0.481 e. The van der Waals surface area contributed by atoms with Gasteiger partial charge in [0.1, 0.15) is 11.2 Å². The molecule has 0 heterocycles. The molecule has 0 aromatic heterocycles. The zero-order chi connectivity index (χ0) is 42.9. The smallest absolute Gasteiger partial charge is 0.407 e. The van der Waals surface area contributed by atoms with Crippen LogP contribution in [0.2, 0.25) is 0 Å². The molecule has 2 aromatic rings. The number of ether oxygens (including phenoxy) is 2. The van der Waals surface area contributed by atoms with E-state index in [1.807, 2.05) is 48.5 Å². The fourth-order valence-corrected chi connectivity index (χ4v) is 7.20. The highest BCUT2D eigenvalue weighted by Crippen LogP contribution is 2.38. The molecule has 4 amide bonds. The highest BCUT2D eigenvalue weighted by molar-refractivity contribution is 5.91. The lowest BCUT2D eigenvalue weighted by Crippen LogP contribution is -2.34. The summed E-state index contributed by atoms with van der Waals surface area (Å²) in [6.07, 6.45) is 7.56. The van der Waals surface area contributed by atoms with E-state index >= 15 is 0 Å². The van der Waals surface area contributed by atoms with Crippen LogP contribution in [0.1, 0.15) is 142 Å². The Balaban J connectivity index is 0.000000310. The number of benzene rings is 2. The van der Waals surface area contributed by atoms with Crippen molar-refractivity contribution in [2.75, 3.05) is 23.7 Å². The van der Waals surface area contributed by atoms with E-state index in [0.29, 0.717) is 11.8 Å². The second-order valence-corrected chi connectivity index (χ2v) is 17.3. The van der Waals surface area contributed by atoms with E-state index in [2.05, 4.69) is 21.3 Å². The van der Waals surface area contributed by atoms with Crippen LogP contribution in [0.3, 0.4) is 0 Å². The van der Waals surface area contributed by atoms with E-state index in [1.54, 1.807) is 41.5 Å². The van der Waals surface area contributed by atoms with Crippen LogP contribution in [0, 0.1) is 11.8 Å². The lowest BCUT2D eigenvalue weighted by Gasteiger charge is -2.28. The molecule has 0 bridgehead atoms. The summed E-state index contributed by atoms with van der Waals surface area (Å²) >= 11 is 0. The maximum atomic E-state index is 12.0. The Labute approximate surface area is 342 Å². The van der Waals surface area contributed by atoms with Crippen molar-refractivity contribution in [2.45, 2.75) is 142 Å². The van der Waals surface area contributed by atoms with Crippen molar-refractivity contribution in [2.24, 2.45) is 11.8 Å². The molecule has 2 aliphatic carbocycles. The first-order chi connectivity index (χ1) is 27.2. The third-order valence-electron chi connectivity index (χ3n) is 9.99. The van der Waals surface area contributed by atoms with Gasteiger partial charge in [-0.25, -0.2) is 9.59 Å². The lowest BCUT2D eigenvalue weighted by molar-refractivity contribution is -0.139. The topological polar surface area (TPSA) is 209 Å². The summed E-state index contributed by atoms with van der Waals surface area (Å²) in [5, 5.41) is 28.6. The summed E-state index contributed by atoms with van der Waals surface area (Å²) in [7, 11) is 0. The first kappa shape index (κ1) is 47.2. The Hall–Kier alpha value is -5.14. The summed E-state index contributed by atoms with van der Waals surface area (Å²) < 4.78 is 10.2. The molecule has 2 aromatic carbocycles. The highest BCUT2D eigenvalue weighted by atomic mass is 16.6. The number of carboxylic acid groups (broad SMARTS) is 2. The molecule has 14 heteroatoms. The molecule has 0 unspecified atom stereocenters. The van der Waals surface area contributed by atoms with Crippen molar-refractivity contribution < 1.29 is 48.5 Å². The minimum atomic E-state index is -0.713. The number of aliphatic carboxylic acids is 2. The van der Waals surface area contributed by atoms with Gasteiger partial charge in [0.05, 0.1) is 0 Å². The predicted octanol–water partition coefficient (Wildman–Crippen LogP) is 8.58. The SMILES string of the molecule is CC(C)(C)OC(=O)NCCC(=O)Nc1ccc(C2CCC(CC(=O)O)CC2)cc1.CC(C)(C)OC(=O)NCCC(=O)Nc1ccc(C2CCC(CC(=O)O)CC2)cc1. The molecule has 6 N–H and O–H groups in total. The minimum absolute atomic E-state index is 0.161. The van der Waals surface area contributed by atoms with Gasteiger partial charge in [-0.2, -0.15) is 0 Å². The average Bonchev–Trinajstić information content (AvgIpc) is 3.11. The zero-order valence-electron chi connectivity index (χ0n) is 35.0. The molecular formula is C44H64N4O10. The summed E-state index contributed by atoms with van der Waals surface area (Å²) in [6.45, 7) is 11.1. The Kier molecular flexibility index (Phi) is 18.5. The lowest BCUT2D eigenvalue weighted by atomic mass is 9.77. The van der Waals surface area contributed by atoms with Crippen LogP contribution in [-0.4, -0.2) is 70.4 Å². The maximum absolute atomic E-state index is 12.0. The van der Waals surface area contributed by atoms with Gasteiger partial charge in [-0.05, 0) is 152 Å². The quantitative estimate of drug-likeness (QED) is 0.107. The predicted molar refractivity (Wildman–Crippen MR) is 222 cm³/mol. The first-order valence-electron chi connectivity index (χ1n) is 20.4. The number of hydrogen-bond donors (Lipinski definition) is 6. The molecule has 0 saturated heterocycles. The second kappa shape index (κ2) is 22.7. The molecule has 0 radical (unpaired) electrons. The Morgan fingerprint density at radius 2 is 0.845 bits per heavy atom. The van der Waals surface area contributed by atoms with E-state index in [1.165, 1.54) is 11.1 Å². The average molecular weight is 809 g/mol. The van der Waals surface area contributed by atoms with E-state index in [0.717, 1.165) is 62.7 Å². The van der Waals surface area contributed by atoms with Gasteiger partial charge >= 0.3 is 24.1 Å². The molecule has 2 aliphatic rings. The molecular weight excluding hydrogens is 745 g/mol. The monoisotopic (exact) mass is 808 g/mol. The fourth-order valence-electron chi connectivity index (χ4n) is 7.20. The first-order valence-corrected chi connectivity index (χ1v) is 20.4. The number of anilines is 2. The van der Waals surface area contributed by atoms with Crippen LogP contribution in [0.15, 0.2) is 48.5 Å². The molecule has 4 rings (SSSR count). The van der Waals surface area contributed by atoms with E-state index in [-0.39, 0.29) is 62.4 Å². The molecule has 0 aliphatic heterocycles. The molecule has 58 heavy (non-hydrogen) atoms. The van der Waals surface area contributed by atoms with Crippen molar-refractivity contribution in [3.05, 3.63) is 59.7 Å². The van der Waals surface area contributed by atoms with Crippen LogP contribution in [0.4, 0.5) is 21.0 Å². The Morgan fingerprint density at radius 1 is 0.534 bits per heavy atom. The van der Waals surface area contributed by atoms with Gasteiger partial charge in [-0.15, -0.1) is 0 Å². The van der Waals surface area contributed by atoms with Gasteiger partial charge in [0.25, 0.3) is 0 Å². The third-order valence-corrected chi connectivity index (χ3v) is 9.99. The molecule has 320 valence electrons. The number of carboxylic acids is 2. The summed E-state index contributed by atoms with van der Waals surface area (Å²) in [5.41, 5.74) is 2.76. The summed E-state index contributed by atoms with van der Waals surface area (Å²) in [6, 6.07) is 15.6. The van der Waals surface area contributed by atoms with Crippen molar-refractivity contribution in [3.8, 4) is 0 Å². The Morgan fingerprint density at radius 3 is 1.12 bits per heavy atom. The van der Waals surface area contributed by atoms with Gasteiger partial charge in [-0.1, -0.05) is 24.3 Å². The number of carbonyl (C=O) groups excluding carboxylic acids is 4. The number of rotatable bonds is 14. The number of amides is 4. The van der Waals surface area contributed by atoms with Crippen molar-refractivity contribution in [3.63, 3.8) is 0 Å². The van der Waals surface area contributed by atoms with Gasteiger partial charge < -0.3 is 41.0 Å². The Bertz CT molecular complexity index is 1530. The van der Waals surface area contributed by atoms with E-state index in [9.17, 15) is 28.8 Å². The van der Waals surface area contributed by atoms with Gasteiger partial charge in [-0.3, -0.25) is 19.2 Å². The van der Waals surface area contributed by atoms with Gasteiger partial charge in [0.15, 0.2) is 0 Å². The standard InChI is InChI=1S/2C22H32N2O5/c2*1-22(2,3)29-21(28)23-13-12-19(25)24-18-10-8-17(9-11-18)16-6-4-15(5-7-16)14-20(26)27/h2*8-11,15-16H,4-7,12-14H2,1-3H3,(H,23,28)(H,24,25)(H,26,27). The van der Waals surface area contributed by atoms with Crippen LogP contribution >= 0.6 is 0 Å². The minimum Gasteiger partial charge on any atom is -0.481 e. The molecule has 2 saturated carbocycles. The summed E-state index contributed by atoms with van der Waals surface area (Å²) in [4.78, 5) is 68.9. The fraction of sp³-hybridized carbons (Fsp3) is 0.591. The number of nitrogens with one attached hydrogen (secondary N) is 4. The van der Waals surface area contributed by atoms with Crippen LogP contribution in [0.5, 0.6) is 0 Å². The number of alkyl carbamates (subject to hydrolysis) is 2. The number of hydrogen-bond acceptors (Lipinski definition) is 8. The van der Waals surface area contributed by atoms with Crippen molar-refractivity contribution in [1.29, 1.82) is 0 Å². The third kappa shape index (κ3) is 19.3. The van der Waals surface area contributed by atoms with E-state index in [4.69, 9.17) is 19.7 Å². The van der Waals surface area contributed by atoms with Gasteiger partial charge in [0.2, 0.25) is 11.8 Å². The zero-order valence-corrected chi connectivity index (χ0v) is 35.0. The van der Waals surface area contributed by atoms with Crippen LogP contribution < -0.4 is 21.3 Å². The maximum Gasteiger partial charge on any atom is 0.407 e.